The Kier molecular flexibility index (Phi) is 4.34. The van der Waals surface area contributed by atoms with E-state index in [4.69, 9.17) is 0 Å². The molecule has 0 spiro atoms. The number of nitrogens with zero attached hydrogens (tertiary/aromatic N) is 4. The van der Waals surface area contributed by atoms with Crippen LogP contribution in [0.2, 0.25) is 0 Å². The van der Waals surface area contributed by atoms with Crippen LogP contribution in [0.25, 0.3) is 5.69 Å². The number of aromatic nitrogens is 4. The molecule has 0 unspecified atom stereocenters. The van der Waals surface area contributed by atoms with Crippen molar-refractivity contribution in [2.24, 2.45) is 0 Å². The zero-order valence-corrected chi connectivity index (χ0v) is 13.5. The molecular formula is C12H6F3N5O3S2. The highest BCUT2D eigenvalue weighted by atomic mass is 32.2. The molecule has 8 nitrogen and oxygen atoms in total. The second-order valence-electron chi connectivity index (χ2n) is 4.51. The highest BCUT2D eigenvalue weighted by Crippen LogP contribution is 2.34. The van der Waals surface area contributed by atoms with Crippen molar-refractivity contribution in [3.05, 3.63) is 56.6 Å². The van der Waals surface area contributed by atoms with Crippen LogP contribution in [0.15, 0.2) is 44.8 Å². The van der Waals surface area contributed by atoms with Gasteiger partial charge in [-0.25, -0.2) is 19.4 Å². The second kappa shape index (κ2) is 6.33. The van der Waals surface area contributed by atoms with Gasteiger partial charge in [0.25, 0.3) is 0 Å². The summed E-state index contributed by atoms with van der Waals surface area (Å²) in [4.78, 5) is 25.8. The smallest absolute Gasteiger partial charge is 0.257 e. The van der Waals surface area contributed by atoms with Gasteiger partial charge in [-0.05, 0) is 47.4 Å². The van der Waals surface area contributed by atoms with Crippen molar-refractivity contribution in [2.45, 2.75) is 15.7 Å². The maximum absolute atomic E-state index is 12.6. The molecule has 2 heterocycles. The minimum absolute atomic E-state index is 0.0917. The van der Waals surface area contributed by atoms with Gasteiger partial charge in [0.05, 0.1) is 16.2 Å². The van der Waals surface area contributed by atoms with Crippen LogP contribution in [0.3, 0.4) is 0 Å². The van der Waals surface area contributed by atoms with Crippen molar-refractivity contribution >= 4 is 28.1 Å². The van der Waals surface area contributed by atoms with E-state index in [1.54, 1.807) is 0 Å². The van der Waals surface area contributed by atoms with Crippen molar-refractivity contribution in [1.29, 1.82) is 0 Å². The van der Waals surface area contributed by atoms with Gasteiger partial charge in [0, 0.05) is 0 Å². The number of nitro groups is 1. The summed E-state index contributed by atoms with van der Waals surface area (Å²) in [5.41, 5.74) is -1.34. The third-order valence-corrected chi connectivity index (χ3v) is 4.91. The van der Waals surface area contributed by atoms with E-state index in [1.165, 1.54) is 0 Å². The highest BCUT2D eigenvalue weighted by Gasteiger charge is 2.30. The number of H-pyrrole nitrogens is 1. The number of thiazole rings is 1. The molecule has 3 rings (SSSR count). The zero-order valence-electron chi connectivity index (χ0n) is 11.9. The molecule has 0 aliphatic heterocycles. The Morgan fingerprint density at radius 3 is 2.52 bits per heavy atom. The summed E-state index contributed by atoms with van der Waals surface area (Å²) in [7, 11) is 0. The average molecular weight is 389 g/mol. The maximum atomic E-state index is 12.6. The second-order valence-corrected chi connectivity index (χ2v) is 6.74. The molecule has 0 aliphatic rings. The normalized spacial score (nSPS) is 11.6. The zero-order chi connectivity index (χ0) is 18.2. The largest absolute Gasteiger partial charge is 0.416 e. The number of hydrogen-bond acceptors (Lipinski definition) is 7. The average Bonchev–Trinajstić information content (AvgIpc) is 3.14. The lowest BCUT2D eigenvalue weighted by Gasteiger charge is -2.08. The van der Waals surface area contributed by atoms with Gasteiger partial charge in [-0.15, -0.1) is 5.10 Å². The van der Waals surface area contributed by atoms with Gasteiger partial charge >= 0.3 is 16.9 Å². The third-order valence-electron chi connectivity index (χ3n) is 2.93. The van der Waals surface area contributed by atoms with Gasteiger partial charge in [-0.2, -0.15) is 13.2 Å². The van der Waals surface area contributed by atoms with Gasteiger partial charge in [0.15, 0.2) is 4.34 Å². The van der Waals surface area contributed by atoms with Gasteiger partial charge in [-0.1, -0.05) is 0 Å². The number of nitrogens with one attached hydrogen (secondary N) is 1. The monoisotopic (exact) mass is 389 g/mol. The quantitative estimate of drug-likeness (QED) is 0.543. The van der Waals surface area contributed by atoms with Gasteiger partial charge in [0.2, 0.25) is 5.16 Å². The van der Waals surface area contributed by atoms with E-state index in [0.717, 1.165) is 58.1 Å². The fourth-order valence-corrected chi connectivity index (χ4v) is 3.58. The van der Waals surface area contributed by atoms with Crippen LogP contribution in [-0.2, 0) is 6.18 Å². The summed E-state index contributed by atoms with van der Waals surface area (Å²) in [6.07, 6.45) is -3.42. The first-order valence-corrected chi connectivity index (χ1v) is 8.02. The molecular weight excluding hydrogens is 383 g/mol. The van der Waals surface area contributed by atoms with Crippen molar-refractivity contribution < 1.29 is 18.1 Å². The molecule has 0 radical (unpaired) electrons. The van der Waals surface area contributed by atoms with E-state index < -0.39 is 22.4 Å². The number of aromatic amines is 1. The summed E-state index contributed by atoms with van der Waals surface area (Å²) in [5.74, 6) is 0. The minimum Gasteiger partial charge on any atom is -0.257 e. The molecule has 0 bridgehead atoms. The van der Waals surface area contributed by atoms with Crippen molar-refractivity contribution in [3.63, 3.8) is 0 Å². The number of rotatable bonds is 4. The van der Waals surface area contributed by atoms with Crippen LogP contribution in [-0.4, -0.2) is 24.7 Å². The predicted molar refractivity (Wildman–Crippen MR) is 82.1 cm³/mol. The molecule has 0 saturated heterocycles. The van der Waals surface area contributed by atoms with E-state index in [-0.39, 0.29) is 20.2 Å². The number of halogens is 3. The first kappa shape index (κ1) is 17.2. The number of alkyl halides is 3. The lowest BCUT2D eigenvalue weighted by molar-refractivity contribution is -0.380. The summed E-state index contributed by atoms with van der Waals surface area (Å²) < 4.78 is 39.2. The summed E-state index contributed by atoms with van der Waals surface area (Å²) in [6.45, 7) is 0. The Morgan fingerprint density at radius 2 is 1.96 bits per heavy atom. The summed E-state index contributed by atoms with van der Waals surface area (Å²) in [5, 5.41) is 16.5. The fourth-order valence-electron chi connectivity index (χ4n) is 1.84. The highest BCUT2D eigenvalue weighted by molar-refractivity contribution is 8.00. The molecule has 1 aromatic carbocycles. The summed E-state index contributed by atoms with van der Waals surface area (Å²) >= 11 is 1.67. The fraction of sp³-hybridized carbons (Fsp3) is 0.0833. The Labute approximate surface area is 144 Å². The van der Waals surface area contributed by atoms with Crippen molar-refractivity contribution in [3.8, 4) is 5.69 Å². The van der Waals surface area contributed by atoms with Gasteiger partial charge in [-0.3, -0.25) is 10.1 Å². The number of benzene rings is 1. The molecule has 0 fully saturated rings. The standard InChI is InChI=1S/C12H6F3N5O3S2/c13-12(14,15)6-1-3-7(4-2-6)19-9(21)17-18-10(19)25-11-16-5-8(24-11)20(22)23/h1-5H,(H,17,21). The summed E-state index contributed by atoms with van der Waals surface area (Å²) in [6, 6.07) is 3.96. The van der Waals surface area contributed by atoms with Crippen LogP contribution >= 0.6 is 23.1 Å². The molecule has 2 aromatic heterocycles. The lowest BCUT2D eigenvalue weighted by Crippen LogP contribution is -2.15. The topological polar surface area (TPSA) is 107 Å². The molecule has 0 atom stereocenters. The maximum Gasteiger partial charge on any atom is 0.416 e. The van der Waals surface area contributed by atoms with E-state index in [1.807, 2.05) is 0 Å². The Morgan fingerprint density at radius 1 is 1.28 bits per heavy atom. The van der Waals surface area contributed by atoms with Crippen LogP contribution in [0, 0.1) is 10.1 Å². The third kappa shape index (κ3) is 3.56. The van der Waals surface area contributed by atoms with E-state index in [0.29, 0.717) is 0 Å². The molecule has 1 N–H and O–H groups in total. The SMILES string of the molecule is O=c1[nH]nc(Sc2ncc([N+](=O)[O-])s2)n1-c1ccc(C(F)(F)F)cc1. The van der Waals surface area contributed by atoms with E-state index in [2.05, 4.69) is 15.2 Å². The van der Waals surface area contributed by atoms with Crippen molar-refractivity contribution in [2.75, 3.05) is 0 Å². The predicted octanol–water partition coefficient (Wildman–Crippen LogP) is 3.10. The Balaban J connectivity index is 1.94. The van der Waals surface area contributed by atoms with Gasteiger partial charge in [0.1, 0.15) is 6.20 Å². The van der Waals surface area contributed by atoms with Crippen LogP contribution < -0.4 is 5.69 Å². The van der Waals surface area contributed by atoms with Crippen molar-refractivity contribution in [1.82, 2.24) is 19.7 Å². The van der Waals surface area contributed by atoms with E-state index >= 15 is 0 Å². The first-order valence-electron chi connectivity index (χ1n) is 6.39. The molecule has 0 aliphatic carbocycles. The lowest BCUT2D eigenvalue weighted by atomic mass is 10.2. The first-order chi connectivity index (χ1) is 11.8. The molecule has 0 saturated carbocycles. The Hall–Kier alpha value is -2.67. The molecule has 0 amide bonds. The minimum atomic E-state index is -4.49. The molecule has 25 heavy (non-hydrogen) atoms. The molecule has 130 valence electrons. The van der Waals surface area contributed by atoms with E-state index in [9.17, 15) is 28.1 Å². The van der Waals surface area contributed by atoms with Gasteiger partial charge < -0.3 is 0 Å². The molecule has 3 aromatic rings. The van der Waals surface area contributed by atoms with Crippen LogP contribution in [0.4, 0.5) is 18.2 Å². The Bertz CT molecular complexity index is 977. The number of hydrogen-bond donors (Lipinski definition) is 1. The van der Waals surface area contributed by atoms with Crippen LogP contribution in [0.1, 0.15) is 5.56 Å². The molecule has 13 heteroatoms. The van der Waals surface area contributed by atoms with Crippen LogP contribution in [0.5, 0.6) is 0 Å².